The van der Waals surface area contributed by atoms with Gasteiger partial charge in [0, 0.05) is 17.5 Å². The van der Waals surface area contributed by atoms with E-state index in [9.17, 15) is 5.11 Å². The number of nitrogens with zero attached hydrogens (tertiary/aromatic N) is 1. The van der Waals surface area contributed by atoms with Crippen molar-refractivity contribution < 1.29 is 5.11 Å². The van der Waals surface area contributed by atoms with Crippen molar-refractivity contribution in [3.63, 3.8) is 0 Å². The molecule has 0 amide bonds. The third-order valence-corrected chi connectivity index (χ3v) is 3.07. The molecule has 1 atom stereocenters. The van der Waals surface area contributed by atoms with Crippen LogP contribution in [0.15, 0.2) is 30.3 Å². The second-order valence-corrected chi connectivity index (χ2v) is 4.18. The molecule has 0 aliphatic heterocycles. The lowest BCUT2D eigenvalue weighted by molar-refractivity contribution is 0.157. The first kappa shape index (κ1) is 11.4. The Morgan fingerprint density at radius 3 is 2.94 bits per heavy atom. The van der Waals surface area contributed by atoms with Crippen LogP contribution in [0.4, 0.5) is 0 Å². The van der Waals surface area contributed by atoms with E-state index in [1.54, 1.807) is 0 Å². The van der Waals surface area contributed by atoms with Gasteiger partial charge in [0.15, 0.2) is 0 Å². The molecule has 1 aliphatic carbocycles. The van der Waals surface area contributed by atoms with E-state index >= 15 is 0 Å². The molecule has 1 N–H and O–H groups in total. The van der Waals surface area contributed by atoms with Crippen LogP contribution < -0.4 is 0 Å². The minimum absolute atomic E-state index is 0. The molecule has 1 unspecified atom stereocenters. The smallest absolute Gasteiger partial charge is 0.0705 e. The van der Waals surface area contributed by atoms with Crippen LogP contribution in [-0.2, 0) is 12.8 Å². The number of fused-ring (bicyclic) bond motifs is 2. The molecule has 0 radical (unpaired) electrons. The summed E-state index contributed by atoms with van der Waals surface area (Å²) in [5, 5.41) is 10.8. The van der Waals surface area contributed by atoms with Gasteiger partial charge in [0.1, 0.15) is 0 Å². The second kappa shape index (κ2) is 4.40. The van der Waals surface area contributed by atoms with Crippen molar-refractivity contribution in [2.45, 2.75) is 25.4 Å². The molecule has 0 bridgehead atoms. The van der Waals surface area contributed by atoms with Crippen LogP contribution in [0.1, 0.15) is 17.7 Å². The summed E-state index contributed by atoms with van der Waals surface area (Å²) in [7, 11) is 0. The molecule has 0 saturated heterocycles. The monoisotopic (exact) mass is 235 g/mol. The zero-order valence-corrected chi connectivity index (χ0v) is 9.70. The molecule has 16 heavy (non-hydrogen) atoms. The molecule has 0 saturated carbocycles. The number of aryl methyl sites for hydroxylation is 1. The molecular formula is C13H14ClNO. The lowest BCUT2D eigenvalue weighted by Gasteiger charge is -2.19. The molecule has 1 heterocycles. The van der Waals surface area contributed by atoms with Gasteiger partial charge in [-0.25, -0.2) is 0 Å². The van der Waals surface area contributed by atoms with Crippen molar-refractivity contribution in [1.29, 1.82) is 0 Å². The molecule has 0 spiro atoms. The largest absolute Gasteiger partial charge is 0.393 e. The highest BCUT2D eigenvalue weighted by Crippen LogP contribution is 2.23. The van der Waals surface area contributed by atoms with E-state index in [4.69, 9.17) is 0 Å². The number of aliphatic hydroxyl groups excluding tert-OH is 1. The van der Waals surface area contributed by atoms with Gasteiger partial charge in [-0.2, -0.15) is 0 Å². The van der Waals surface area contributed by atoms with Gasteiger partial charge in [-0.05, 0) is 30.5 Å². The highest BCUT2D eigenvalue weighted by molar-refractivity contribution is 5.85. The Hall–Kier alpha value is -1.12. The molecule has 3 rings (SSSR count). The lowest BCUT2D eigenvalue weighted by atomic mass is 9.93. The average Bonchev–Trinajstić information content (AvgIpc) is 2.26. The van der Waals surface area contributed by atoms with Gasteiger partial charge in [0.25, 0.3) is 0 Å². The fourth-order valence-corrected chi connectivity index (χ4v) is 2.24. The molecular weight excluding hydrogens is 222 g/mol. The Labute approximate surface area is 101 Å². The van der Waals surface area contributed by atoms with Crippen LogP contribution in [0.3, 0.4) is 0 Å². The normalized spacial score (nSPS) is 18.9. The molecule has 2 nitrogen and oxygen atoms in total. The summed E-state index contributed by atoms with van der Waals surface area (Å²) in [5.74, 6) is 0. The van der Waals surface area contributed by atoms with Crippen LogP contribution in [0.5, 0.6) is 0 Å². The number of aromatic nitrogens is 1. The summed E-state index contributed by atoms with van der Waals surface area (Å²) < 4.78 is 0. The van der Waals surface area contributed by atoms with Crippen molar-refractivity contribution in [2.24, 2.45) is 0 Å². The number of benzene rings is 1. The lowest BCUT2D eigenvalue weighted by Crippen LogP contribution is -2.19. The number of rotatable bonds is 0. The van der Waals surface area contributed by atoms with E-state index in [2.05, 4.69) is 17.1 Å². The van der Waals surface area contributed by atoms with Crippen molar-refractivity contribution in [3.05, 3.63) is 41.6 Å². The van der Waals surface area contributed by atoms with Gasteiger partial charge in [0.2, 0.25) is 0 Å². The maximum atomic E-state index is 9.59. The summed E-state index contributed by atoms with van der Waals surface area (Å²) in [5.41, 5.74) is 3.41. The number of aliphatic hydroxyl groups is 1. The zero-order chi connectivity index (χ0) is 10.3. The number of halogens is 1. The van der Waals surface area contributed by atoms with E-state index in [0.717, 1.165) is 24.1 Å². The maximum absolute atomic E-state index is 9.59. The molecule has 2 aromatic rings. The van der Waals surface area contributed by atoms with Crippen LogP contribution in [0, 0.1) is 0 Å². The Bertz CT molecular complexity index is 512. The van der Waals surface area contributed by atoms with Crippen LogP contribution >= 0.6 is 12.4 Å². The van der Waals surface area contributed by atoms with Gasteiger partial charge in [-0.3, -0.25) is 4.98 Å². The minimum atomic E-state index is -0.203. The average molecular weight is 236 g/mol. The first-order valence-electron chi connectivity index (χ1n) is 5.38. The predicted molar refractivity (Wildman–Crippen MR) is 67.0 cm³/mol. The summed E-state index contributed by atoms with van der Waals surface area (Å²) >= 11 is 0. The Morgan fingerprint density at radius 1 is 1.25 bits per heavy atom. The fourth-order valence-electron chi connectivity index (χ4n) is 2.24. The number of hydrogen-bond acceptors (Lipinski definition) is 2. The maximum Gasteiger partial charge on any atom is 0.0705 e. The van der Waals surface area contributed by atoms with Gasteiger partial charge >= 0.3 is 0 Å². The number of pyridine rings is 1. The van der Waals surface area contributed by atoms with E-state index in [1.165, 1.54) is 10.9 Å². The van der Waals surface area contributed by atoms with Gasteiger partial charge < -0.3 is 5.11 Å². The molecule has 1 aromatic carbocycles. The highest BCUT2D eigenvalue weighted by atomic mass is 35.5. The van der Waals surface area contributed by atoms with Crippen molar-refractivity contribution in [3.8, 4) is 0 Å². The Kier molecular flexibility index (Phi) is 3.13. The van der Waals surface area contributed by atoms with E-state index in [-0.39, 0.29) is 18.5 Å². The van der Waals surface area contributed by atoms with Gasteiger partial charge in [-0.15, -0.1) is 12.4 Å². The van der Waals surface area contributed by atoms with Crippen LogP contribution in [-0.4, -0.2) is 16.2 Å². The summed E-state index contributed by atoms with van der Waals surface area (Å²) in [6, 6.07) is 10.4. The molecule has 0 fully saturated rings. The van der Waals surface area contributed by atoms with E-state index in [1.807, 2.05) is 18.2 Å². The quantitative estimate of drug-likeness (QED) is 0.761. The van der Waals surface area contributed by atoms with E-state index in [0.29, 0.717) is 6.42 Å². The molecule has 3 heteroatoms. The highest BCUT2D eigenvalue weighted by Gasteiger charge is 2.17. The Balaban J connectivity index is 0.000000963. The second-order valence-electron chi connectivity index (χ2n) is 4.18. The molecule has 1 aromatic heterocycles. The Morgan fingerprint density at radius 2 is 2.06 bits per heavy atom. The number of hydrogen-bond donors (Lipinski definition) is 1. The summed E-state index contributed by atoms with van der Waals surface area (Å²) in [6.07, 6.45) is 2.33. The summed E-state index contributed by atoms with van der Waals surface area (Å²) in [6.45, 7) is 0. The van der Waals surface area contributed by atoms with Gasteiger partial charge in [0.05, 0.1) is 11.6 Å². The third kappa shape index (κ3) is 1.91. The SMILES string of the molecule is Cl.OC1CCc2cc3ccccc3nc2C1. The zero-order valence-electron chi connectivity index (χ0n) is 8.89. The van der Waals surface area contributed by atoms with Crippen LogP contribution in [0.25, 0.3) is 10.9 Å². The van der Waals surface area contributed by atoms with Crippen molar-refractivity contribution in [2.75, 3.05) is 0 Å². The minimum Gasteiger partial charge on any atom is -0.393 e. The van der Waals surface area contributed by atoms with Crippen molar-refractivity contribution in [1.82, 2.24) is 4.98 Å². The first-order valence-corrected chi connectivity index (χ1v) is 5.38. The first-order chi connectivity index (χ1) is 7.33. The standard InChI is InChI=1S/C13H13NO.ClH/c15-11-6-5-10-7-9-3-1-2-4-12(9)14-13(10)8-11;/h1-4,7,11,15H,5-6,8H2;1H. The predicted octanol–water partition coefficient (Wildman–Crippen LogP) is 2.51. The van der Waals surface area contributed by atoms with Gasteiger partial charge in [-0.1, -0.05) is 18.2 Å². The molecule has 1 aliphatic rings. The van der Waals surface area contributed by atoms with Crippen molar-refractivity contribution >= 4 is 23.3 Å². The third-order valence-electron chi connectivity index (χ3n) is 3.07. The fraction of sp³-hybridized carbons (Fsp3) is 0.308. The van der Waals surface area contributed by atoms with E-state index < -0.39 is 0 Å². The summed E-state index contributed by atoms with van der Waals surface area (Å²) in [4.78, 5) is 4.61. The molecule has 84 valence electrons. The number of para-hydroxylation sites is 1. The van der Waals surface area contributed by atoms with Crippen LogP contribution in [0.2, 0.25) is 0 Å². The topological polar surface area (TPSA) is 33.1 Å².